The first-order valence-corrected chi connectivity index (χ1v) is 16.8. The Bertz CT molecular complexity index is 1470. The van der Waals surface area contributed by atoms with Crippen LogP contribution in [0.4, 0.5) is 5.69 Å². The van der Waals surface area contributed by atoms with Crippen molar-refractivity contribution in [1.82, 2.24) is 0 Å². The lowest BCUT2D eigenvalue weighted by atomic mass is 9.69. The maximum atomic E-state index is 12.9. The summed E-state index contributed by atoms with van der Waals surface area (Å²) >= 11 is 1.62. The van der Waals surface area contributed by atoms with E-state index in [1.54, 1.807) is 23.9 Å². The first-order chi connectivity index (χ1) is 18.5. The van der Waals surface area contributed by atoms with Crippen molar-refractivity contribution < 1.29 is 13.5 Å². The van der Waals surface area contributed by atoms with Gasteiger partial charge in [0, 0.05) is 21.4 Å². The molecule has 0 aromatic heterocycles. The molecule has 2 N–H and O–H groups in total. The van der Waals surface area contributed by atoms with Gasteiger partial charge in [0.1, 0.15) is 11.1 Å². The van der Waals surface area contributed by atoms with Gasteiger partial charge in [-0.1, -0.05) is 110 Å². The zero-order valence-corrected chi connectivity index (χ0v) is 26.9. The molecule has 3 aromatic carbocycles. The number of hydrogen-bond acceptors (Lipinski definition) is 5. The lowest BCUT2D eigenvalue weighted by molar-refractivity contribution is 0.283. The average molecular weight is 580 g/mol. The second-order valence-corrected chi connectivity index (χ2v) is 16.8. The lowest BCUT2D eigenvalue weighted by Crippen LogP contribution is -2.27. The Labute approximate surface area is 245 Å². The summed E-state index contributed by atoms with van der Waals surface area (Å²) in [5.41, 5.74) is 4.44. The van der Waals surface area contributed by atoms with Gasteiger partial charge in [-0.3, -0.25) is 0 Å². The normalized spacial score (nSPS) is 16.1. The van der Waals surface area contributed by atoms with E-state index in [0.717, 1.165) is 40.1 Å². The molecule has 0 spiro atoms. The predicted molar refractivity (Wildman–Crippen MR) is 169 cm³/mol. The van der Waals surface area contributed by atoms with Crippen molar-refractivity contribution in [3.8, 4) is 5.75 Å². The molecule has 0 radical (unpaired) electrons. The van der Waals surface area contributed by atoms with Crippen molar-refractivity contribution in [2.75, 3.05) is 11.1 Å². The molecular weight excluding hydrogens is 535 g/mol. The monoisotopic (exact) mass is 579 g/mol. The fraction of sp³-hybridized carbons (Fsp3) is 0.471. The number of hydrogen-bond donors (Lipinski definition) is 2. The van der Waals surface area contributed by atoms with Crippen molar-refractivity contribution in [1.29, 1.82) is 0 Å². The first kappa shape index (κ1) is 30.5. The van der Waals surface area contributed by atoms with Crippen molar-refractivity contribution in [2.45, 2.75) is 101 Å². The van der Waals surface area contributed by atoms with Gasteiger partial charge in [-0.05, 0) is 59.1 Å². The number of benzene rings is 3. The van der Waals surface area contributed by atoms with Crippen LogP contribution >= 0.6 is 11.8 Å². The fourth-order valence-corrected chi connectivity index (χ4v) is 8.59. The standard InChI is InChI=1S/C34H45NO3S2/c1-9-10-18-40(37,38)25-16-17-29-28(21-25)35-31(39-29)26-19-24(33(5,6)22-32(2,3)4)20-27(30(26)36)34(7,8)23-14-12-11-13-15-23/h11-17,19-21,31,35-36H,9-10,18,22H2,1-8H3. The van der Waals surface area contributed by atoms with Crippen LogP contribution in [-0.2, 0) is 20.7 Å². The number of sulfone groups is 1. The van der Waals surface area contributed by atoms with Crippen molar-refractivity contribution in [2.24, 2.45) is 5.41 Å². The Hall–Kier alpha value is -2.44. The molecule has 3 aromatic rings. The summed E-state index contributed by atoms with van der Waals surface area (Å²) in [5, 5.41) is 15.2. The maximum absolute atomic E-state index is 12.9. The average Bonchev–Trinajstić information content (AvgIpc) is 3.30. The van der Waals surface area contributed by atoms with Gasteiger partial charge < -0.3 is 10.4 Å². The lowest BCUT2D eigenvalue weighted by Gasteiger charge is -2.36. The van der Waals surface area contributed by atoms with Crippen molar-refractivity contribution >= 4 is 27.3 Å². The van der Waals surface area contributed by atoms with Gasteiger partial charge in [0.2, 0.25) is 0 Å². The molecule has 40 heavy (non-hydrogen) atoms. The van der Waals surface area contributed by atoms with E-state index >= 15 is 0 Å². The van der Waals surface area contributed by atoms with Crippen LogP contribution in [0.3, 0.4) is 0 Å². The molecule has 1 unspecified atom stereocenters. The maximum Gasteiger partial charge on any atom is 0.178 e. The van der Waals surface area contributed by atoms with Crippen LogP contribution in [0.1, 0.15) is 102 Å². The minimum atomic E-state index is -3.33. The summed E-state index contributed by atoms with van der Waals surface area (Å²) in [5.74, 6) is 0.445. The Morgan fingerprint density at radius 2 is 1.57 bits per heavy atom. The zero-order chi connectivity index (χ0) is 29.5. The molecule has 1 aliphatic heterocycles. The van der Waals surface area contributed by atoms with Crippen LogP contribution in [0, 0.1) is 5.41 Å². The minimum absolute atomic E-state index is 0.126. The molecule has 216 valence electrons. The summed E-state index contributed by atoms with van der Waals surface area (Å²) < 4.78 is 25.8. The molecule has 0 fully saturated rings. The predicted octanol–water partition coefficient (Wildman–Crippen LogP) is 9.22. The van der Waals surface area contributed by atoms with Crippen LogP contribution in [0.25, 0.3) is 0 Å². The van der Waals surface area contributed by atoms with E-state index in [2.05, 4.69) is 78.0 Å². The molecule has 1 atom stereocenters. The Kier molecular flexibility index (Phi) is 8.46. The molecule has 0 saturated carbocycles. The van der Waals surface area contributed by atoms with Crippen LogP contribution in [0.5, 0.6) is 5.75 Å². The molecule has 0 saturated heterocycles. The molecule has 4 rings (SSSR count). The van der Waals surface area contributed by atoms with E-state index < -0.39 is 15.3 Å². The second kappa shape index (κ2) is 11.1. The third-order valence-electron chi connectivity index (χ3n) is 7.95. The smallest absolute Gasteiger partial charge is 0.178 e. The van der Waals surface area contributed by atoms with Crippen molar-refractivity contribution in [3.63, 3.8) is 0 Å². The highest BCUT2D eigenvalue weighted by Gasteiger charge is 2.36. The van der Waals surface area contributed by atoms with E-state index in [9.17, 15) is 13.5 Å². The SMILES string of the molecule is CCCCS(=O)(=O)c1ccc2c(c1)NC(c1cc(C(C)(C)CC(C)(C)C)cc(C(C)(C)c3ccccc3)c1O)S2. The summed E-state index contributed by atoms with van der Waals surface area (Å²) in [6.45, 7) is 17.7. The third kappa shape index (κ3) is 6.38. The van der Waals surface area contributed by atoms with E-state index in [0.29, 0.717) is 11.3 Å². The fourth-order valence-electron chi connectivity index (χ4n) is 5.97. The van der Waals surface area contributed by atoms with E-state index in [4.69, 9.17) is 0 Å². The molecule has 0 aliphatic carbocycles. The molecule has 4 nitrogen and oxygen atoms in total. The van der Waals surface area contributed by atoms with Gasteiger partial charge in [-0.2, -0.15) is 0 Å². The number of aromatic hydroxyl groups is 1. The summed E-state index contributed by atoms with van der Waals surface area (Å²) in [4.78, 5) is 1.34. The number of nitrogens with one attached hydrogen (secondary N) is 1. The van der Waals surface area contributed by atoms with Gasteiger partial charge in [0.25, 0.3) is 0 Å². The zero-order valence-electron chi connectivity index (χ0n) is 25.3. The van der Waals surface area contributed by atoms with Crippen LogP contribution in [0.15, 0.2) is 70.5 Å². The van der Waals surface area contributed by atoms with E-state index in [1.165, 1.54) is 5.56 Å². The van der Waals surface area contributed by atoms with E-state index in [1.807, 2.05) is 31.2 Å². The topological polar surface area (TPSA) is 66.4 Å². The van der Waals surface area contributed by atoms with Gasteiger partial charge >= 0.3 is 0 Å². The van der Waals surface area contributed by atoms with Crippen LogP contribution in [-0.4, -0.2) is 19.3 Å². The van der Waals surface area contributed by atoms with Crippen LogP contribution < -0.4 is 5.32 Å². The van der Waals surface area contributed by atoms with Crippen molar-refractivity contribution in [3.05, 3.63) is 82.9 Å². The number of thioether (sulfide) groups is 1. The third-order valence-corrected chi connectivity index (χ3v) is 11.0. The first-order valence-electron chi connectivity index (χ1n) is 14.3. The summed E-state index contributed by atoms with van der Waals surface area (Å²) in [7, 11) is -3.33. The molecule has 0 amide bonds. The number of phenolic OH excluding ortho intramolecular Hbond substituents is 1. The van der Waals surface area contributed by atoms with Gasteiger partial charge in [-0.25, -0.2) is 8.42 Å². The molecular formula is C34H45NO3S2. The second-order valence-electron chi connectivity index (χ2n) is 13.5. The molecule has 0 bridgehead atoms. The number of unbranched alkanes of at least 4 members (excludes halogenated alkanes) is 1. The molecule has 6 heteroatoms. The minimum Gasteiger partial charge on any atom is -0.507 e. The highest BCUT2D eigenvalue weighted by molar-refractivity contribution is 8.00. The quantitative estimate of drug-likeness (QED) is 0.264. The Morgan fingerprint density at radius 1 is 0.900 bits per heavy atom. The van der Waals surface area contributed by atoms with Gasteiger partial charge in [0.15, 0.2) is 9.84 Å². The van der Waals surface area contributed by atoms with E-state index in [-0.39, 0.29) is 27.7 Å². The number of rotatable bonds is 9. The highest BCUT2D eigenvalue weighted by atomic mass is 32.2. The number of phenols is 1. The summed E-state index contributed by atoms with van der Waals surface area (Å²) in [6, 6.07) is 20.0. The van der Waals surface area contributed by atoms with Crippen LogP contribution in [0.2, 0.25) is 0 Å². The summed E-state index contributed by atoms with van der Waals surface area (Å²) in [6.07, 6.45) is 2.47. The highest BCUT2D eigenvalue weighted by Crippen LogP contribution is 2.52. The Morgan fingerprint density at radius 3 is 2.20 bits per heavy atom. The largest absolute Gasteiger partial charge is 0.507 e. The van der Waals surface area contributed by atoms with Gasteiger partial charge in [0.05, 0.1) is 16.3 Å². The number of fused-ring (bicyclic) bond motifs is 1. The molecule has 1 heterocycles. The molecule has 1 aliphatic rings. The van der Waals surface area contributed by atoms with Gasteiger partial charge in [-0.15, -0.1) is 0 Å². The Balaban J connectivity index is 1.81. The number of anilines is 1.